The highest BCUT2D eigenvalue weighted by Gasteiger charge is 2.34. The summed E-state index contributed by atoms with van der Waals surface area (Å²) in [6.45, 7) is 4.96. The SMILES string of the molecule is CC(C)NC(=O)C1CC(=O)N(Cc2ccccc2)C1. The Balaban J connectivity index is 1.94. The van der Waals surface area contributed by atoms with Gasteiger partial charge in [0.05, 0.1) is 5.92 Å². The minimum absolute atomic E-state index is 0.0149. The van der Waals surface area contributed by atoms with E-state index in [1.165, 1.54) is 0 Å². The van der Waals surface area contributed by atoms with Crippen LogP contribution in [0.5, 0.6) is 0 Å². The molecule has 1 aliphatic rings. The van der Waals surface area contributed by atoms with Gasteiger partial charge in [0, 0.05) is 25.6 Å². The van der Waals surface area contributed by atoms with Gasteiger partial charge in [0.25, 0.3) is 0 Å². The maximum Gasteiger partial charge on any atom is 0.225 e. The average molecular weight is 260 g/mol. The smallest absolute Gasteiger partial charge is 0.225 e. The molecule has 0 saturated carbocycles. The summed E-state index contributed by atoms with van der Waals surface area (Å²) < 4.78 is 0. The number of hydrogen-bond donors (Lipinski definition) is 1. The Bertz CT molecular complexity index is 456. The predicted molar refractivity (Wildman–Crippen MR) is 73.2 cm³/mol. The zero-order chi connectivity index (χ0) is 13.8. The highest BCUT2D eigenvalue weighted by atomic mass is 16.2. The van der Waals surface area contributed by atoms with Crippen molar-refractivity contribution in [3.05, 3.63) is 35.9 Å². The lowest BCUT2D eigenvalue weighted by Crippen LogP contribution is -2.36. The normalized spacial score (nSPS) is 19.0. The number of amides is 2. The maximum absolute atomic E-state index is 11.9. The second kappa shape index (κ2) is 5.87. The Kier molecular flexibility index (Phi) is 4.20. The summed E-state index contributed by atoms with van der Waals surface area (Å²) >= 11 is 0. The molecular formula is C15H20N2O2. The van der Waals surface area contributed by atoms with Crippen molar-refractivity contribution in [2.45, 2.75) is 32.9 Å². The van der Waals surface area contributed by atoms with Gasteiger partial charge < -0.3 is 10.2 Å². The van der Waals surface area contributed by atoms with Crippen LogP contribution in [-0.2, 0) is 16.1 Å². The van der Waals surface area contributed by atoms with E-state index in [2.05, 4.69) is 5.32 Å². The van der Waals surface area contributed by atoms with Crippen LogP contribution in [0.3, 0.4) is 0 Å². The first kappa shape index (κ1) is 13.6. The second-order valence-corrected chi connectivity index (χ2v) is 5.32. The number of carbonyl (C=O) groups excluding carboxylic acids is 2. The van der Waals surface area contributed by atoms with Crippen LogP contribution >= 0.6 is 0 Å². The van der Waals surface area contributed by atoms with E-state index >= 15 is 0 Å². The molecular weight excluding hydrogens is 240 g/mol. The molecule has 1 aliphatic heterocycles. The van der Waals surface area contributed by atoms with Crippen LogP contribution in [0.1, 0.15) is 25.8 Å². The van der Waals surface area contributed by atoms with Crippen molar-refractivity contribution in [3.8, 4) is 0 Å². The quantitative estimate of drug-likeness (QED) is 0.893. The number of nitrogens with zero attached hydrogens (tertiary/aromatic N) is 1. The summed E-state index contributed by atoms with van der Waals surface area (Å²) in [5.74, 6) is -0.162. The first-order chi connectivity index (χ1) is 9.06. The van der Waals surface area contributed by atoms with Crippen LogP contribution in [0.2, 0.25) is 0 Å². The molecule has 4 nitrogen and oxygen atoms in total. The molecule has 1 aromatic rings. The fourth-order valence-corrected chi connectivity index (χ4v) is 2.31. The van der Waals surface area contributed by atoms with E-state index < -0.39 is 0 Å². The summed E-state index contributed by atoms with van der Waals surface area (Å²) in [6, 6.07) is 9.97. The molecule has 1 atom stereocenters. The lowest BCUT2D eigenvalue weighted by Gasteiger charge is -2.17. The third-order valence-corrected chi connectivity index (χ3v) is 3.23. The molecule has 102 valence electrons. The zero-order valence-electron chi connectivity index (χ0n) is 11.4. The summed E-state index contributed by atoms with van der Waals surface area (Å²) in [6.07, 6.45) is 0.325. The molecule has 0 bridgehead atoms. The van der Waals surface area contributed by atoms with E-state index in [4.69, 9.17) is 0 Å². The number of carbonyl (C=O) groups is 2. The fourth-order valence-electron chi connectivity index (χ4n) is 2.31. The van der Waals surface area contributed by atoms with E-state index in [9.17, 15) is 9.59 Å². The topological polar surface area (TPSA) is 49.4 Å². The molecule has 2 amide bonds. The summed E-state index contributed by atoms with van der Waals surface area (Å²) in [5, 5.41) is 2.87. The molecule has 1 N–H and O–H groups in total. The van der Waals surface area contributed by atoms with Gasteiger partial charge in [-0.15, -0.1) is 0 Å². The van der Waals surface area contributed by atoms with Crippen LogP contribution in [0, 0.1) is 5.92 Å². The molecule has 1 heterocycles. The Morgan fingerprint density at radius 2 is 2.05 bits per heavy atom. The Labute approximate surface area is 113 Å². The molecule has 2 rings (SSSR count). The Morgan fingerprint density at radius 3 is 2.68 bits per heavy atom. The van der Waals surface area contributed by atoms with Crippen molar-refractivity contribution < 1.29 is 9.59 Å². The molecule has 4 heteroatoms. The third kappa shape index (κ3) is 3.56. The lowest BCUT2D eigenvalue weighted by molar-refractivity contribution is -0.129. The van der Waals surface area contributed by atoms with Gasteiger partial charge in [-0.2, -0.15) is 0 Å². The lowest BCUT2D eigenvalue weighted by atomic mass is 10.1. The van der Waals surface area contributed by atoms with Gasteiger partial charge in [-0.25, -0.2) is 0 Å². The second-order valence-electron chi connectivity index (χ2n) is 5.32. The molecule has 1 unspecified atom stereocenters. The van der Waals surface area contributed by atoms with Crippen LogP contribution in [0.4, 0.5) is 0 Å². The first-order valence-corrected chi connectivity index (χ1v) is 6.68. The van der Waals surface area contributed by atoms with Crippen molar-refractivity contribution in [1.82, 2.24) is 10.2 Å². The number of likely N-dealkylation sites (tertiary alicyclic amines) is 1. The predicted octanol–water partition coefficient (Wildman–Crippen LogP) is 1.56. The molecule has 0 aliphatic carbocycles. The van der Waals surface area contributed by atoms with E-state index in [0.29, 0.717) is 19.5 Å². The number of nitrogens with one attached hydrogen (secondary N) is 1. The van der Waals surface area contributed by atoms with Crippen LogP contribution in [0.25, 0.3) is 0 Å². The van der Waals surface area contributed by atoms with E-state index in [-0.39, 0.29) is 23.8 Å². The van der Waals surface area contributed by atoms with Crippen molar-refractivity contribution in [2.24, 2.45) is 5.92 Å². The highest BCUT2D eigenvalue weighted by Crippen LogP contribution is 2.20. The average Bonchev–Trinajstić information content (AvgIpc) is 2.72. The van der Waals surface area contributed by atoms with Gasteiger partial charge in [0.1, 0.15) is 0 Å². The molecule has 0 spiro atoms. The molecule has 1 aromatic carbocycles. The molecule has 1 fully saturated rings. The summed E-state index contributed by atoms with van der Waals surface area (Å²) in [7, 11) is 0. The summed E-state index contributed by atoms with van der Waals surface area (Å²) in [4.78, 5) is 25.6. The van der Waals surface area contributed by atoms with Gasteiger partial charge in [-0.05, 0) is 19.4 Å². The maximum atomic E-state index is 11.9. The molecule has 0 aromatic heterocycles. The Morgan fingerprint density at radius 1 is 1.37 bits per heavy atom. The molecule has 1 saturated heterocycles. The van der Waals surface area contributed by atoms with Crippen molar-refractivity contribution in [3.63, 3.8) is 0 Å². The van der Waals surface area contributed by atoms with Crippen molar-refractivity contribution in [2.75, 3.05) is 6.54 Å². The zero-order valence-corrected chi connectivity index (χ0v) is 11.4. The third-order valence-electron chi connectivity index (χ3n) is 3.23. The van der Waals surface area contributed by atoms with E-state index in [1.54, 1.807) is 4.90 Å². The van der Waals surface area contributed by atoms with E-state index in [0.717, 1.165) is 5.56 Å². The number of hydrogen-bond acceptors (Lipinski definition) is 2. The minimum atomic E-state index is -0.210. The minimum Gasteiger partial charge on any atom is -0.354 e. The molecule has 19 heavy (non-hydrogen) atoms. The standard InChI is InChI=1S/C15H20N2O2/c1-11(2)16-15(19)13-8-14(18)17(10-13)9-12-6-4-3-5-7-12/h3-7,11,13H,8-10H2,1-2H3,(H,16,19). The van der Waals surface area contributed by atoms with Crippen LogP contribution < -0.4 is 5.32 Å². The monoisotopic (exact) mass is 260 g/mol. The Hall–Kier alpha value is -1.84. The van der Waals surface area contributed by atoms with Crippen molar-refractivity contribution >= 4 is 11.8 Å². The van der Waals surface area contributed by atoms with Crippen LogP contribution in [-0.4, -0.2) is 29.3 Å². The summed E-state index contributed by atoms with van der Waals surface area (Å²) in [5.41, 5.74) is 1.10. The van der Waals surface area contributed by atoms with Crippen molar-refractivity contribution in [1.29, 1.82) is 0 Å². The molecule has 0 radical (unpaired) electrons. The van der Waals surface area contributed by atoms with Gasteiger partial charge in [-0.3, -0.25) is 9.59 Å². The van der Waals surface area contributed by atoms with Gasteiger partial charge in [0.2, 0.25) is 11.8 Å². The van der Waals surface area contributed by atoms with Crippen LogP contribution in [0.15, 0.2) is 30.3 Å². The van der Waals surface area contributed by atoms with Gasteiger partial charge in [0.15, 0.2) is 0 Å². The van der Waals surface area contributed by atoms with Gasteiger partial charge >= 0.3 is 0 Å². The fraction of sp³-hybridized carbons (Fsp3) is 0.467. The largest absolute Gasteiger partial charge is 0.354 e. The van der Waals surface area contributed by atoms with Gasteiger partial charge in [-0.1, -0.05) is 30.3 Å². The number of benzene rings is 1. The number of rotatable bonds is 4. The van der Waals surface area contributed by atoms with E-state index in [1.807, 2.05) is 44.2 Å². The first-order valence-electron chi connectivity index (χ1n) is 6.68. The highest BCUT2D eigenvalue weighted by molar-refractivity contribution is 5.89.